The minimum atomic E-state index is -4.55. The van der Waals surface area contributed by atoms with Crippen LogP contribution in [0.4, 0.5) is 17.6 Å². The van der Waals surface area contributed by atoms with Crippen LogP contribution in [0.1, 0.15) is 73.0 Å². The number of pyridine rings is 1. The van der Waals surface area contributed by atoms with Crippen molar-refractivity contribution in [1.29, 1.82) is 0 Å². The lowest BCUT2D eigenvalue weighted by atomic mass is 10.1. The summed E-state index contributed by atoms with van der Waals surface area (Å²) < 4.78 is 61.0. The second-order valence-electron chi connectivity index (χ2n) is 11.2. The van der Waals surface area contributed by atoms with E-state index in [1.807, 2.05) is 17.0 Å². The molecule has 45 heavy (non-hydrogen) atoms. The van der Waals surface area contributed by atoms with E-state index in [2.05, 4.69) is 30.2 Å². The van der Waals surface area contributed by atoms with Gasteiger partial charge in [0.1, 0.15) is 18.0 Å². The van der Waals surface area contributed by atoms with Crippen molar-refractivity contribution in [3.63, 3.8) is 0 Å². The molecule has 1 aromatic carbocycles. The number of guanidine groups is 1. The standard InChI is InChI=1S/C31H31F4N9O/c1-18(2)44-15-24(31(33,34)35)41-28(44)21-6-4-19(5-7-21)13-43(14-23-11-10-22(32)12-36-23)30-40-17-38-27(42-30)25-26(20-8-9-20)37-16-39-29(25)45-3/h4-7,10-12,15-18,20,27H,8-9,13-14H2,1-3H3,(H,38,40,42). The van der Waals surface area contributed by atoms with Gasteiger partial charge in [-0.1, -0.05) is 24.3 Å². The number of alkyl halides is 3. The van der Waals surface area contributed by atoms with Crippen molar-refractivity contribution >= 4 is 12.3 Å². The highest BCUT2D eigenvalue weighted by atomic mass is 19.4. The number of imidazole rings is 1. The number of hydrogen-bond donors (Lipinski definition) is 1. The number of rotatable bonds is 9. The minimum Gasteiger partial charge on any atom is -0.481 e. The van der Waals surface area contributed by atoms with Crippen molar-refractivity contribution in [2.45, 2.75) is 64.1 Å². The predicted octanol–water partition coefficient (Wildman–Crippen LogP) is 6.05. The molecule has 10 nitrogen and oxygen atoms in total. The summed E-state index contributed by atoms with van der Waals surface area (Å²) in [5, 5.41) is 3.13. The van der Waals surface area contributed by atoms with Crippen molar-refractivity contribution in [3.8, 4) is 17.3 Å². The molecule has 0 spiro atoms. The monoisotopic (exact) mass is 621 g/mol. The molecule has 1 saturated carbocycles. The first kappa shape index (κ1) is 30.2. The van der Waals surface area contributed by atoms with E-state index in [0.717, 1.165) is 36.5 Å². The number of nitrogens with one attached hydrogen (secondary N) is 1. The largest absolute Gasteiger partial charge is 0.481 e. The van der Waals surface area contributed by atoms with Crippen LogP contribution in [0, 0.1) is 5.82 Å². The molecule has 1 fully saturated rings. The van der Waals surface area contributed by atoms with E-state index in [4.69, 9.17) is 9.73 Å². The quantitative estimate of drug-likeness (QED) is 0.227. The summed E-state index contributed by atoms with van der Waals surface area (Å²) in [7, 11) is 1.55. The predicted molar refractivity (Wildman–Crippen MR) is 159 cm³/mol. The van der Waals surface area contributed by atoms with Gasteiger partial charge in [0.2, 0.25) is 11.8 Å². The Hall–Kier alpha value is -4.88. The number of halogens is 4. The second kappa shape index (κ2) is 12.3. The Morgan fingerprint density at radius 2 is 1.82 bits per heavy atom. The highest BCUT2D eigenvalue weighted by molar-refractivity contribution is 5.91. The Morgan fingerprint density at radius 1 is 1.04 bits per heavy atom. The zero-order valence-electron chi connectivity index (χ0n) is 24.8. The van der Waals surface area contributed by atoms with Crippen molar-refractivity contribution < 1.29 is 22.3 Å². The van der Waals surface area contributed by atoms with Gasteiger partial charge in [-0.25, -0.2) is 29.3 Å². The molecular formula is C31H31F4N9O. The number of methoxy groups -OCH3 is 1. The van der Waals surface area contributed by atoms with E-state index in [1.54, 1.807) is 45.5 Å². The van der Waals surface area contributed by atoms with Crippen LogP contribution >= 0.6 is 0 Å². The SMILES string of the molecule is COc1ncnc(C2CC2)c1C1N=CNC(N(Cc2ccc(-c3nc(C(F)(F)F)cn3C(C)C)cc2)Cc2ccc(F)cn2)=N1. The molecule has 1 unspecified atom stereocenters. The fourth-order valence-electron chi connectivity index (χ4n) is 5.16. The average molecular weight is 622 g/mol. The average Bonchev–Trinajstić information content (AvgIpc) is 3.77. The highest BCUT2D eigenvalue weighted by Gasteiger charge is 2.36. The Morgan fingerprint density at radius 3 is 2.47 bits per heavy atom. The molecule has 4 aromatic rings. The van der Waals surface area contributed by atoms with Gasteiger partial charge in [0.05, 0.1) is 43.1 Å². The van der Waals surface area contributed by atoms with Gasteiger partial charge in [0.15, 0.2) is 11.9 Å². The third-order valence-electron chi connectivity index (χ3n) is 7.55. The molecule has 1 aliphatic carbocycles. The molecule has 0 bridgehead atoms. The zero-order chi connectivity index (χ0) is 31.7. The number of benzene rings is 1. The molecule has 0 amide bonds. The molecule has 1 atom stereocenters. The van der Waals surface area contributed by atoms with Gasteiger partial charge >= 0.3 is 6.18 Å². The van der Waals surface area contributed by atoms with Crippen LogP contribution in [0.2, 0.25) is 0 Å². The Kier molecular flexibility index (Phi) is 8.21. The lowest BCUT2D eigenvalue weighted by Crippen LogP contribution is -2.42. The Labute approximate surface area is 257 Å². The van der Waals surface area contributed by atoms with Crippen LogP contribution in [-0.4, -0.2) is 48.8 Å². The summed E-state index contributed by atoms with van der Waals surface area (Å²) >= 11 is 0. The molecule has 14 heteroatoms. The number of hydrogen-bond acceptors (Lipinski definition) is 9. The van der Waals surface area contributed by atoms with Crippen LogP contribution in [0.15, 0.2) is 65.1 Å². The maximum absolute atomic E-state index is 13.6. The molecule has 1 N–H and O–H groups in total. The molecule has 0 saturated heterocycles. The van der Waals surface area contributed by atoms with Crippen molar-refractivity contribution in [3.05, 3.63) is 89.1 Å². The van der Waals surface area contributed by atoms with Crippen LogP contribution in [0.5, 0.6) is 5.88 Å². The third-order valence-corrected chi connectivity index (χ3v) is 7.55. The summed E-state index contributed by atoms with van der Waals surface area (Å²) in [5.41, 5.74) is 2.65. The zero-order valence-corrected chi connectivity index (χ0v) is 24.8. The Bertz CT molecular complexity index is 1710. The van der Waals surface area contributed by atoms with E-state index in [0.29, 0.717) is 41.1 Å². The first-order valence-corrected chi connectivity index (χ1v) is 14.5. The molecule has 4 heterocycles. The van der Waals surface area contributed by atoms with Crippen molar-refractivity contribution in [2.24, 2.45) is 9.98 Å². The number of ether oxygens (including phenoxy) is 1. The van der Waals surface area contributed by atoms with Crippen LogP contribution in [-0.2, 0) is 19.3 Å². The number of nitrogens with zero attached hydrogens (tertiary/aromatic N) is 8. The molecule has 2 aliphatic rings. The second-order valence-corrected chi connectivity index (χ2v) is 11.2. The van der Waals surface area contributed by atoms with E-state index in [9.17, 15) is 17.6 Å². The van der Waals surface area contributed by atoms with E-state index in [-0.39, 0.29) is 18.4 Å². The van der Waals surface area contributed by atoms with Crippen LogP contribution in [0.3, 0.4) is 0 Å². The number of aromatic nitrogens is 5. The van der Waals surface area contributed by atoms with E-state index in [1.165, 1.54) is 17.0 Å². The smallest absolute Gasteiger partial charge is 0.434 e. The maximum atomic E-state index is 13.6. The molecule has 6 rings (SSSR count). The summed E-state index contributed by atoms with van der Waals surface area (Å²) in [6.07, 6.45) is 2.08. The van der Waals surface area contributed by atoms with Gasteiger partial charge in [0, 0.05) is 30.3 Å². The summed E-state index contributed by atoms with van der Waals surface area (Å²) in [6, 6.07) is 9.89. The van der Waals surface area contributed by atoms with Crippen molar-refractivity contribution in [2.75, 3.05) is 7.11 Å². The lowest BCUT2D eigenvalue weighted by Gasteiger charge is -2.29. The molecular weight excluding hydrogens is 590 g/mol. The van der Waals surface area contributed by atoms with E-state index < -0.39 is 23.9 Å². The van der Waals surface area contributed by atoms with Gasteiger partial charge in [-0.05, 0) is 44.4 Å². The van der Waals surface area contributed by atoms with Gasteiger partial charge in [-0.2, -0.15) is 13.2 Å². The first-order chi connectivity index (χ1) is 21.6. The summed E-state index contributed by atoms with van der Waals surface area (Å²) in [5.74, 6) is 0.993. The van der Waals surface area contributed by atoms with Gasteiger partial charge < -0.3 is 19.5 Å². The fourth-order valence-corrected chi connectivity index (χ4v) is 5.16. The van der Waals surface area contributed by atoms with Gasteiger partial charge in [0.25, 0.3) is 0 Å². The topological polar surface area (TPSA) is 106 Å². The van der Waals surface area contributed by atoms with Crippen molar-refractivity contribution in [1.82, 2.24) is 34.7 Å². The molecule has 234 valence electrons. The van der Waals surface area contributed by atoms with Gasteiger partial charge in [-0.15, -0.1) is 0 Å². The maximum Gasteiger partial charge on any atom is 0.434 e. The fraction of sp³-hybridized carbons (Fsp3) is 0.355. The molecule has 1 aliphatic heterocycles. The third kappa shape index (κ3) is 6.64. The summed E-state index contributed by atoms with van der Waals surface area (Å²) in [6.45, 7) is 4.23. The minimum absolute atomic E-state index is 0.221. The van der Waals surface area contributed by atoms with E-state index >= 15 is 0 Å². The normalized spacial score (nSPS) is 16.4. The number of aliphatic imine (C=N–C) groups is 2. The van der Waals surface area contributed by atoms with Crippen LogP contribution < -0.4 is 10.1 Å². The lowest BCUT2D eigenvalue weighted by molar-refractivity contribution is -0.140. The van der Waals surface area contributed by atoms with Gasteiger partial charge in [-0.3, -0.25) is 4.98 Å². The summed E-state index contributed by atoms with van der Waals surface area (Å²) in [4.78, 5) is 28.3. The Balaban J connectivity index is 1.32. The first-order valence-electron chi connectivity index (χ1n) is 14.5. The molecule has 3 aromatic heterocycles. The van der Waals surface area contributed by atoms with Crippen LogP contribution in [0.25, 0.3) is 11.4 Å². The molecule has 0 radical (unpaired) electrons. The highest BCUT2D eigenvalue weighted by Crippen LogP contribution is 2.45.